The lowest BCUT2D eigenvalue weighted by Crippen LogP contribution is -2.57. The van der Waals surface area contributed by atoms with Gasteiger partial charge in [0.1, 0.15) is 17.0 Å². The summed E-state index contributed by atoms with van der Waals surface area (Å²) >= 11 is 12.9. The topological polar surface area (TPSA) is 108 Å². The predicted molar refractivity (Wildman–Crippen MR) is 176 cm³/mol. The number of carbonyl (C=O) groups excluding carboxylic acids is 4. The quantitative estimate of drug-likeness (QED) is 0.369. The van der Waals surface area contributed by atoms with Gasteiger partial charge in [0.05, 0.1) is 6.04 Å². The van der Waals surface area contributed by atoms with E-state index in [0.29, 0.717) is 64.2 Å². The third-order valence-corrected chi connectivity index (χ3v) is 10.0. The fourth-order valence-electron chi connectivity index (χ4n) is 7.25. The van der Waals surface area contributed by atoms with Crippen molar-refractivity contribution < 1.29 is 28.3 Å². The summed E-state index contributed by atoms with van der Waals surface area (Å²) in [4.78, 5) is 57.1. The molecule has 12 heteroatoms. The number of fused-ring (bicyclic) bond motifs is 2. The number of halogens is 3. The first kappa shape index (κ1) is 32.8. The van der Waals surface area contributed by atoms with Gasteiger partial charge in [0, 0.05) is 66.7 Å². The molecule has 0 aromatic heterocycles. The van der Waals surface area contributed by atoms with Crippen LogP contribution in [-0.2, 0) is 24.6 Å². The Balaban J connectivity index is 1.48. The van der Waals surface area contributed by atoms with E-state index in [0.717, 1.165) is 0 Å². The number of hydrogen-bond acceptors (Lipinski definition) is 5. The number of amides is 4. The van der Waals surface area contributed by atoms with Gasteiger partial charge in [0.2, 0.25) is 17.7 Å². The Morgan fingerprint density at radius 1 is 0.936 bits per heavy atom. The van der Waals surface area contributed by atoms with Crippen LogP contribution in [0.5, 0.6) is 5.75 Å². The van der Waals surface area contributed by atoms with Crippen molar-refractivity contribution in [2.24, 2.45) is 0 Å². The molecule has 3 aliphatic rings. The largest absolute Gasteiger partial charge is 0.478 e. The molecule has 2 saturated heterocycles. The fourth-order valence-corrected chi connectivity index (χ4v) is 7.60. The van der Waals surface area contributed by atoms with Gasteiger partial charge in [-0.2, -0.15) is 0 Å². The molecule has 3 heterocycles. The number of aryl methyl sites for hydroxylation is 1. The van der Waals surface area contributed by atoms with Crippen molar-refractivity contribution in [1.82, 2.24) is 15.1 Å². The zero-order chi connectivity index (χ0) is 33.8. The molecule has 0 unspecified atom stereocenters. The summed E-state index contributed by atoms with van der Waals surface area (Å²) in [6.07, 6.45) is -0.127. The summed E-state index contributed by atoms with van der Waals surface area (Å²) in [7, 11) is 0. The van der Waals surface area contributed by atoms with Crippen LogP contribution in [0.1, 0.15) is 61.4 Å². The molecule has 0 bridgehead atoms. The smallest absolute Gasteiger partial charge is 0.266 e. The normalized spacial score (nSPS) is 22.5. The van der Waals surface area contributed by atoms with Gasteiger partial charge in [-0.3, -0.25) is 19.2 Å². The number of benzene rings is 3. The highest BCUT2D eigenvalue weighted by Crippen LogP contribution is 2.59. The number of carbonyl (C=O) groups is 4. The number of nitrogens with one attached hydrogen (secondary N) is 2. The average Bonchev–Trinajstić information content (AvgIpc) is 3.30. The number of hydrogen-bond donors (Lipinski definition) is 2. The fraction of sp³-hybridized carbons (Fsp3) is 0.371. The molecule has 0 radical (unpaired) electrons. The molecule has 3 aromatic rings. The van der Waals surface area contributed by atoms with Crippen LogP contribution in [0.4, 0.5) is 10.1 Å². The third kappa shape index (κ3) is 5.71. The zero-order valence-corrected chi connectivity index (χ0v) is 28.0. The Kier molecular flexibility index (Phi) is 8.47. The van der Waals surface area contributed by atoms with Gasteiger partial charge >= 0.3 is 0 Å². The Hall–Kier alpha value is -4.15. The van der Waals surface area contributed by atoms with Crippen LogP contribution in [0.15, 0.2) is 54.6 Å². The number of piperidine rings is 1. The van der Waals surface area contributed by atoms with Gasteiger partial charge in [-0.1, -0.05) is 35.3 Å². The van der Waals surface area contributed by atoms with Gasteiger partial charge in [0.25, 0.3) is 5.91 Å². The molecule has 6 rings (SSSR count). The molecule has 1 spiro atoms. The minimum absolute atomic E-state index is 0.0459. The van der Waals surface area contributed by atoms with E-state index in [4.69, 9.17) is 27.9 Å². The van der Waals surface area contributed by atoms with Crippen molar-refractivity contribution in [3.8, 4) is 5.75 Å². The molecule has 3 aliphatic heterocycles. The lowest BCUT2D eigenvalue weighted by Gasteiger charge is -2.47. The molecular formula is C35H35Cl2FN4O5. The Morgan fingerprint density at radius 3 is 2.30 bits per heavy atom. The van der Waals surface area contributed by atoms with E-state index in [1.165, 1.54) is 19.1 Å². The van der Waals surface area contributed by atoms with Gasteiger partial charge in [-0.05, 0) is 79.9 Å². The maximum Gasteiger partial charge on any atom is 0.266 e. The van der Waals surface area contributed by atoms with E-state index in [1.54, 1.807) is 73.0 Å². The first-order chi connectivity index (χ1) is 22.2. The zero-order valence-electron chi connectivity index (χ0n) is 26.5. The van der Waals surface area contributed by atoms with Crippen LogP contribution in [0, 0.1) is 12.7 Å². The van der Waals surface area contributed by atoms with E-state index >= 15 is 0 Å². The Morgan fingerprint density at radius 2 is 1.60 bits per heavy atom. The minimum Gasteiger partial charge on any atom is -0.478 e. The van der Waals surface area contributed by atoms with Gasteiger partial charge in [-0.25, -0.2) is 4.39 Å². The van der Waals surface area contributed by atoms with E-state index in [1.807, 2.05) is 0 Å². The molecule has 3 aromatic carbocycles. The number of rotatable bonds is 5. The van der Waals surface area contributed by atoms with E-state index in [-0.39, 0.29) is 29.9 Å². The average molecular weight is 682 g/mol. The predicted octanol–water partition coefficient (Wildman–Crippen LogP) is 5.52. The SMILES string of the molecule is CC(=O)N1CCN(C(=O)C(C)(C)Oc2ccc(Cl)cc2[C@H]2CC(=O)N[C@@H](c3cc(F)ccc3C)[C@]23C(=O)Nc2cc(Cl)ccc23)CC1. The van der Waals surface area contributed by atoms with Crippen LogP contribution >= 0.6 is 23.2 Å². The second kappa shape index (κ2) is 12.1. The number of piperazine rings is 1. The summed E-state index contributed by atoms with van der Waals surface area (Å²) in [6, 6.07) is 13.3. The standard InChI is InChI=1S/C35H35Cl2FN4O5/c1-19-5-8-23(38)17-24(19)31-35(26-9-6-22(37)16-28(26)39-32(35)45)27(18-30(44)40-31)25-15-21(36)7-10-29(25)47-34(3,4)33(46)42-13-11-41(12-14-42)20(2)43/h5-10,15-17,27,31H,11-14,18H2,1-4H3,(H,39,45)(H,40,44)/t27-,31+,35-/m1/s1. The van der Waals surface area contributed by atoms with Crippen molar-refractivity contribution in [1.29, 1.82) is 0 Å². The monoisotopic (exact) mass is 680 g/mol. The summed E-state index contributed by atoms with van der Waals surface area (Å²) in [5.41, 5.74) is -0.203. The number of nitrogens with zero attached hydrogens (tertiary/aromatic N) is 2. The van der Waals surface area contributed by atoms with Gasteiger partial charge < -0.3 is 25.2 Å². The van der Waals surface area contributed by atoms with Gasteiger partial charge in [-0.15, -0.1) is 0 Å². The lowest BCUT2D eigenvalue weighted by atomic mass is 9.59. The van der Waals surface area contributed by atoms with Crippen LogP contribution in [-0.4, -0.2) is 65.2 Å². The second-order valence-electron chi connectivity index (χ2n) is 12.9. The van der Waals surface area contributed by atoms with Crippen molar-refractivity contribution in [2.75, 3.05) is 31.5 Å². The molecule has 0 saturated carbocycles. The molecule has 0 aliphatic carbocycles. The van der Waals surface area contributed by atoms with E-state index in [9.17, 15) is 23.6 Å². The van der Waals surface area contributed by atoms with Crippen LogP contribution in [0.3, 0.4) is 0 Å². The Labute approximate surface area is 282 Å². The minimum atomic E-state index is -1.48. The maximum atomic E-state index is 14.8. The van der Waals surface area contributed by atoms with Gasteiger partial charge in [0.15, 0.2) is 5.60 Å². The van der Waals surface area contributed by atoms with Crippen molar-refractivity contribution >= 4 is 52.5 Å². The summed E-state index contributed by atoms with van der Waals surface area (Å²) in [5.74, 6) is -2.17. The summed E-state index contributed by atoms with van der Waals surface area (Å²) < 4.78 is 21.3. The van der Waals surface area contributed by atoms with Crippen molar-refractivity contribution in [3.63, 3.8) is 0 Å². The van der Waals surface area contributed by atoms with E-state index < -0.39 is 34.7 Å². The van der Waals surface area contributed by atoms with E-state index in [2.05, 4.69) is 10.6 Å². The molecule has 246 valence electrons. The molecule has 2 fully saturated rings. The van der Waals surface area contributed by atoms with Crippen LogP contribution in [0.2, 0.25) is 10.0 Å². The van der Waals surface area contributed by atoms with Crippen molar-refractivity contribution in [3.05, 3.63) is 92.7 Å². The highest BCUT2D eigenvalue weighted by Gasteiger charge is 2.62. The van der Waals surface area contributed by atoms with Crippen LogP contribution in [0.25, 0.3) is 0 Å². The van der Waals surface area contributed by atoms with Crippen LogP contribution < -0.4 is 15.4 Å². The maximum absolute atomic E-state index is 14.8. The molecular weight excluding hydrogens is 646 g/mol. The number of anilines is 1. The highest BCUT2D eigenvalue weighted by atomic mass is 35.5. The molecule has 4 amide bonds. The summed E-state index contributed by atoms with van der Waals surface area (Å²) in [5, 5.41) is 6.73. The highest BCUT2D eigenvalue weighted by molar-refractivity contribution is 6.31. The number of ether oxygens (including phenoxy) is 1. The first-order valence-corrected chi connectivity index (χ1v) is 16.2. The third-order valence-electron chi connectivity index (χ3n) is 9.54. The molecule has 9 nitrogen and oxygen atoms in total. The second-order valence-corrected chi connectivity index (χ2v) is 13.7. The molecule has 47 heavy (non-hydrogen) atoms. The Bertz CT molecular complexity index is 1810. The summed E-state index contributed by atoms with van der Waals surface area (Å²) in [6.45, 7) is 8.18. The molecule has 2 N–H and O–H groups in total. The molecule has 3 atom stereocenters. The van der Waals surface area contributed by atoms with Crippen molar-refractivity contribution in [2.45, 2.75) is 57.1 Å². The lowest BCUT2D eigenvalue weighted by molar-refractivity contribution is -0.149. The first-order valence-electron chi connectivity index (χ1n) is 15.4.